The molecule has 0 radical (unpaired) electrons. The summed E-state index contributed by atoms with van der Waals surface area (Å²) >= 11 is 0. The highest BCUT2D eigenvalue weighted by Gasteiger charge is 2.31. The van der Waals surface area contributed by atoms with Crippen molar-refractivity contribution >= 4 is 11.8 Å². The van der Waals surface area contributed by atoms with Crippen molar-refractivity contribution in [2.75, 3.05) is 5.32 Å². The molecule has 0 heterocycles. The highest BCUT2D eigenvalue weighted by molar-refractivity contribution is 5.86. The lowest BCUT2D eigenvalue weighted by atomic mass is 10.3. The van der Waals surface area contributed by atoms with Crippen molar-refractivity contribution in [1.82, 2.24) is 0 Å². The molecule has 0 fully saturated rings. The maximum absolute atomic E-state index is 12.7. The summed E-state index contributed by atoms with van der Waals surface area (Å²) in [5, 5.41) is 2.33. The molecule has 0 aliphatic carbocycles. The Morgan fingerprint density at radius 3 is 2.00 bits per heavy atom. The molecule has 0 saturated heterocycles. The first-order valence-corrected chi connectivity index (χ1v) is 5.92. The van der Waals surface area contributed by atoms with Crippen LogP contribution in [0.25, 0.3) is 0 Å². The SMILES string of the molecule is O=C(Nc1ccc(F)cc1)Oc1ccc(OC(F)(F)F)cc1. The topological polar surface area (TPSA) is 47.6 Å². The number of alkyl halides is 3. The number of carbonyl (C=O) groups excluding carboxylic acids is 1. The third kappa shape index (κ3) is 4.97. The molecule has 0 aliphatic rings. The van der Waals surface area contributed by atoms with Crippen LogP contribution in [-0.4, -0.2) is 12.5 Å². The Morgan fingerprint density at radius 2 is 1.45 bits per heavy atom. The van der Waals surface area contributed by atoms with Crippen LogP contribution in [0.15, 0.2) is 48.5 Å². The number of carbonyl (C=O) groups is 1. The van der Waals surface area contributed by atoms with Crippen LogP contribution in [0.4, 0.5) is 28.0 Å². The van der Waals surface area contributed by atoms with Gasteiger partial charge in [-0.15, -0.1) is 13.2 Å². The largest absolute Gasteiger partial charge is 0.573 e. The second-order valence-corrected chi connectivity index (χ2v) is 4.04. The van der Waals surface area contributed by atoms with Crippen LogP contribution in [0, 0.1) is 5.82 Å². The smallest absolute Gasteiger partial charge is 0.410 e. The van der Waals surface area contributed by atoms with Gasteiger partial charge in [0.05, 0.1) is 0 Å². The third-order valence-corrected chi connectivity index (χ3v) is 2.36. The molecule has 1 amide bonds. The number of anilines is 1. The Hall–Kier alpha value is -2.77. The summed E-state index contributed by atoms with van der Waals surface area (Å²) in [4.78, 5) is 11.5. The van der Waals surface area contributed by atoms with Gasteiger partial charge in [0.2, 0.25) is 0 Å². The van der Waals surface area contributed by atoms with Crippen LogP contribution in [0.2, 0.25) is 0 Å². The maximum Gasteiger partial charge on any atom is 0.573 e. The van der Waals surface area contributed by atoms with Crippen LogP contribution < -0.4 is 14.8 Å². The van der Waals surface area contributed by atoms with Gasteiger partial charge in [0.1, 0.15) is 17.3 Å². The zero-order valence-corrected chi connectivity index (χ0v) is 10.9. The zero-order chi connectivity index (χ0) is 16.2. The molecule has 8 heteroatoms. The molecule has 0 unspecified atom stereocenters. The Labute approximate surface area is 122 Å². The van der Waals surface area contributed by atoms with Crippen molar-refractivity contribution in [3.8, 4) is 11.5 Å². The summed E-state index contributed by atoms with van der Waals surface area (Å²) in [6.07, 6.45) is -5.65. The number of nitrogens with one attached hydrogen (secondary N) is 1. The highest BCUT2D eigenvalue weighted by Crippen LogP contribution is 2.24. The number of rotatable bonds is 3. The Morgan fingerprint density at radius 1 is 0.909 bits per heavy atom. The predicted octanol–water partition coefficient (Wildman–Crippen LogP) is 4.34. The van der Waals surface area contributed by atoms with Gasteiger partial charge in [0.15, 0.2) is 0 Å². The summed E-state index contributed by atoms with van der Waals surface area (Å²) in [5.74, 6) is -0.868. The highest BCUT2D eigenvalue weighted by atomic mass is 19.4. The summed E-state index contributed by atoms with van der Waals surface area (Å²) < 4.78 is 57.2. The molecular weight excluding hydrogens is 306 g/mol. The van der Waals surface area contributed by atoms with Crippen LogP contribution in [0.5, 0.6) is 11.5 Å². The van der Waals surface area contributed by atoms with Crippen molar-refractivity contribution in [2.24, 2.45) is 0 Å². The Balaban J connectivity index is 1.93. The van der Waals surface area contributed by atoms with E-state index in [1.807, 2.05) is 0 Å². The molecule has 22 heavy (non-hydrogen) atoms. The fourth-order valence-corrected chi connectivity index (χ4v) is 1.49. The van der Waals surface area contributed by atoms with E-state index in [2.05, 4.69) is 10.1 Å². The first-order chi connectivity index (χ1) is 10.3. The molecule has 2 rings (SSSR count). The lowest BCUT2D eigenvalue weighted by Crippen LogP contribution is -2.18. The molecule has 2 aromatic carbocycles. The van der Waals surface area contributed by atoms with Crippen molar-refractivity contribution in [1.29, 1.82) is 0 Å². The maximum atomic E-state index is 12.7. The standard InChI is InChI=1S/C14H9F4NO3/c15-9-1-3-10(4-2-9)19-13(20)21-11-5-7-12(8-6-11)22-14(16,17)18/h1-8H,(H,19,20). The van der Waals surface area contributed by atoms with Crippen LogP contribution in [0.1, 0.15) is 0 Å². The van der Waals surface area contributed by atoms with Crippen LogP contribution in [-0.2, 0) is 0 Å². The van der Waals surface area contributed by atoms with E-state index in [1.165, 1.54) is 12.1 Å². The van der Waals surface area contributed by atoms with Crippen molar-refractivity contribution < 1.29 is 31.8 Å². The first-order valence-electron chi connectivity index (χ1n) is 5.92. The minimum atomic E-state index is -4.79. The van der Waals surface area contributed by atoms with Gasteiger partial charge in [0, 0.05) is 5.69 Å². The molecule has 0 spiro atoms. The second-order valence-electron chi connectivity index (χ2n) is 4.04. The zero-order valence-electron chi connectivity index (χ0n) is 10.9. The molecule has 0 atom stereocenters. The van der Waals surface area contributed by atoms with E-state index in [0.29, 0.717) is 5.69 Å². The average molecular weight is 315 g/mol. The molecular formula is C14H9F4NO3. The lowest BCUT2D eigenvalue weighted by molar-refractivity contribution is -0.274. The van der Waals surface area contributed by atoms with Crippen molar-refractivity contribution in [3.05, 3.63) is 54.3 Å². The lowest BCUT2D eigenvalue weighted by Gasteiger charge is -2.10. The van der Waals surface area contributed by atoms with Crippen molar-refractivity contribution in [3.63, 3.8) is 0 Å². The third-order valence-electron chi connectivity index (χ3n) is 2.36. The number of halogens is 4. The van der Waals surface area contributed by atoms with Crippen molar-refractivity contribution in [2.45, 2.75) is 6.36 Å². The van der Waals surface area contributed by atoms with Gasteiger partial charge in [-0.3, -0.25) is 5.32 Å². The van der Waals surface area contributed by atoms with E-state index >= 15 is 0 Å². The number of amides is 1. The van der Waals surface area contributed by atoms with E-state index in [0.717, 1.165) is 36.4 Å². The molecule has 4 nitrogen and oxygen atoms in total. The molecule has 2 aromatic rings. The molecule has 0 aromatic heterocycles. The number of ether oxygens (including phenoxy) is 2. The Kier molecular flexibility index (Phi) is 4.50. The van der Waals surface area contributed by atoms with Gasteiger partial charge < -0.3 is 9.47 Å². The van der Waals surface area contributed by atoms with Gasteiger partial charge in [-0.2, -0.15) is 0 Å². The molecule has 0 saturated carbocycles. The molecule has 116 valence electrons. The fourth-order valence-electron chi connectivity index (χ4n) is 1.49. The normalized spacial score (nSPS) is 10.9. The van der Waals surface area contributed by atoms with Crippen LogP contribution in [0.3, 0.4) is 0 Å². The van der Waals surface area contributed by atoms with Gasteiger partial charge in [-0.1, -0.05) is 0 Å². The van der Waals surface area contributed by atoms with Gasteiger partial charge in [0.25, 0.3) is 0 Å². The number of benzene rings is 2. The van der Waals surface area contributed by atoms with Crippen LogP contribution >= 0.6 is 0 Å². The van der Waals surface area contributed by atoms with E-state index in [4.69, 9.17) is 4.74 Å². The van der Waals surface area contributed by atoms with E-state index in [1.54, 1.807) is 0 Å². The average Bonchev–Trinajstić information content (AvgIpc) is 2.42. The van der Waals surface area contributed by atoms with E-state index in [-0.39, 0.29) is 5.75 Å². The number of hydrogen-bond donors (Lipinski definition) is 1. The predicted molar refractivity (Wildman–Crippen MR) is 69.2 cm³/mol. The van der Waals surface area contributed by atoms with E-state index < -0.39 is 24.0 Å². The molecule has 0 aliphatic heterocycles. The minimum absolute atomic E-state index is 0.0223. The van der Waals surface area contributed by atoms with Gasteiger partial charge in [-0.05, 0) is 48.5 Å². The first kappa shape index (κ1) is 15.6. The summed E-state index contributed by atoms with van der Waals surface area (Å²) in [6, 6.07) is 9.27. The summed E-state index contributed by atoms with van der Waals surface area (Å²) in [5.41, 5.74) is 0.309. The quantitative estimate of drug-likeness (QED) is 0.857. The summed E-state index contributed by atoms with van der Waals surface area (Å²) in [7, 11) is 0. The summed E-state index contributed by atoms with van der Waals surface area (Å²) in [6.45, 7) is 0. The molecule has 0 bridgehead atoms. The monoisotopic (exact) mass is 315 g/mol. The minimum Gasteiger partial charge on any atom is -0.410 e. The second kappa shape index (κ2) is 6.33. The van der Waals surface area contributed by atoms with E-state index in [9.17, 15) is 22.4 Å². The van der Waals surface area contributed by atoms with Gasteiger partial charge >= 0.3 is 12.5 Å². The Bertz CT molecular complexity index is 639. The molecule has 1 N–H and O–H groups in total. The van der Waals surface area contributed by atoms with Gasteiger partial charge in [-0.25, -0.2) is 9.18 Å². The fraction of sp³-hybridized carbons (Fsp3) is 0.0714. The number of hydrogen-bond acceptors (Lipinski definition) is 3.